The first-order valence-electron chi connectivity index (χ1n) is 6.24. The van der Waals surface area contributed by atoms with Crippen molar-refractivity contribution in [3.63, 3.8) is 0 Å². The van der Waals surface area contributed by atoms with E-state index in [4.69, 9.17) is 11.6 Å². The van der Waals surface area contributed by atoms with E-state index in [0.29, 0.717) is 22.1 Å². The summed E-state index contributed by atoms with van der Waals surface area (Å²) in [5, 5.41) is 14.4. The van der Waals surface area contributed by atoms with Crippen molar-refractivity contribution in [2.24, 2.45) is 0 Å². The molecule has 2 aromatic rings. The van der Waals surface area contributed by atoms with Crippen molar-refractivity contribution < 1.29 is 9.59 Å². The highest BCUT2D eigenvalue weighted by atomic mass is 35.5. The molecule has 0 fully saturated rings. The lowest BCUT2D eigenvalue weighted by Crippen LogP contribution is -2.21. The average Bonchev–Trinajstić information content (AvgIpc) is 2.93. The Morgan fingerprint density at radius 1 is 1.33 bits per heavy atom. The molecule has 0 saturated heterocycles. The number of nitrogens with zero attached hydrogens (tertiary/aromatic N) is 2. The summed E-state index contributed by atoms with van der Waals surface area (Å²) in [5.74, 6) is -0.432. The van der Waals surface area contributed by atoms with E-state index in [-0.39, 0.29) is 23.4 Å². The van der Waals surface area contributed by atoms with Gasteiger partial charge >= 0.3 is 0 Å². The molecule has 2 amide bonds. The van der Waals surface area contributed by atoms with Crippen LogP contribution in [0.3, 0.4) is 0 Å². The number of benzene rings is 1. The Hall–Kier alpha value is -1.99. The van der Waals surface area contributed by atoms with Crippen LogP contribution in [-0.4, -0.2) is 22.0 Å². The molecule has 2 rings (SSSR count). The topological polar surface area (TPSA) is 84.0 Å². The highest BCUT2D eigenvalue weighted by Crippen LogP contribution is 2.17. The fraction of sp³-hybridized carbons (Fsp3) is 0.231. The Bertz CT molecular complexity index is 659. The lowest BCUT2D eigenvalue weighted by Gasteiger charge is -2.02. The molecular weight excluding hydrogens is 312 g/mol. The van der Waals surface area contributed by atoms with Crippen LogP contribution in [-0.2, 0) is 11.3 Å². The van der Waals surface area contributed by atoms with Crippen LogP contribution in [0.1, 0.15) is 28.2 Å². The van der Waals surface area contributed by atoms with Gasteiger partial charge in [0, 0.05) is 17.1 Å². The molecule has 110 valence electrons. The molecule has 21 heavy (non-hydrogen) atoms. The number of amides is 2. The molecular formula is C13H13ClN4O2S. The predicted molar refractivity (Wildman–Crippen MR) is 81.5 cm³/mol. The molecule has 0 aliphatic rings. The maximum absolute atomic E-state index is 12.0. The maximum Gasteiger partial charge on any atom is 0.286 e. The first-order chi connectivity index (χ1) is 10.1. The van der Waals surface area contributed by atoms with Crippen LogP contribution < -0.4 is 10.6 Å². The summed E-state index contributed by atoms with van der Waals surface area (Å²) in [6.07, 6.45) is 0.404. The Morgan fingerprint density at radius 3 is 2.86 bits per heavy atom. The highest BCUT2D eigenvalue weighted by Gasteiger charge is 2.13. The highest BCUT2D eigenvalue weighted by molar-refractivity contribution is 7.13. The Morgan fingerprint density at radius 2 is 2.14 bits per heavy atom. The van der Waals surface area contributed by atoms with Gasteiger partial charge in [-0.3, -0.25) is 9.59 Å². The fourth-order valence-corrected chi connectivity index (χ4v) is 2.33. The number of anilines is 1. The van der Waals surface area contributed by atoms with Gasteiger partial charge in [-0.1, -0.05) is 35.9 Å². The maximum atomic E-state index is 12.0. The zero-order valence-corrected chi connectivity index (χ0v) is 12.8. The van der Waals surface area contributed by atoms with E-state index in [9.17, 15) is 9.59 Å². The molecule has 0 atom stereocenters. The van der Waals surface area contributed by atoms with Crippen LogP contribution in [0.25, 0.3) is 0 Å². The van der Waals surface area contributed by atoms with E-state index in [2.05, 4.69) is 20.8 Å². The summed E-state index contributed by atoms with van der Waals surface area (Å²) in [7, 11) is 0. The first-order valence-corrected chi connectivity index (χ1v) is 7.44. The largest absolute Gasteiger partial charge is 0.350 e. The smallest absolute Gasteiger partial charge is 0.286 e. The van der Waals surface area contributed by atoms with E-state index < -0.39 is 0 Å². The minimum absolute atomic E-state index is 0.0740. The minimum Gasteiger partial charge on any atom is -0.350 e. The lowest BCUT2D eigenvalue weighted by molar-refractivity contribution is -0.120. The lowest BCUT2D eigenvalue weighted by atomic mass is 10.3. The van der Waals surface area contributed by atoms with Gasteiger partial charge in [0.15, 0.2) is 0 Å². The molecule has 2 N–H and O–H groups in total. The predicted octanol–water partition coefficient (Wildman–Crippen LogP) is 2.47. The number of hydrogen-bond donors (Lipinski definition) is 2. The van der Waals surface area contributed by atoms with Gasteiger partial charge in [-0.05, 0) is 18.2 Å². The summed E-state index contributed by atoms with van der Waals surface area (Å²) in [4.78, 5) is 23.2. The zero-order valence-electron chi connectivity index (χ0n) is 11.2. The summed E-state index contributed by atoms with van der Waals surface area (Å²) in [6, 6.07) is 6.83. The Labute approximate surface area is 130 Å². The van der Waals surface area contributed by atoms with Crippen molar-refractivity contribution in [2.75, 3.05) is 5.32 Å². The molecule has 0 radical (unpaired) electrons. The van der Waals surface area contributed by atoms with Crippen LogP contribution in [0.15, 0.2) is 24.3 Å². The van der Waals surface area contributed by atoms with Gasteiger partial charge < -0.3 is 10.6 Å². The molecule has 0 aliphatic heterocycles. The normalized spacial score (nSPS) is 10.2. The number of hydrogen-bond acceptors (Lipinski definition) is 5. The van der Waals surface area contributed by atoms with Gasteiger partial charge in [0.2, 0.25) is 10.9 Å². The number of aromatic nitrogens is 2. The van der Waals surface area contributed by atoms with Gasteiger partial charge in [0.25, 0.3) is 5.91 Å². The SMILES string of the molecule is CCC(=O)NCc1nnc(C(=O)Nc2cccc(Cl)c2)s1. The number of rotatable bonds is 5. The molecule has 6 nitrogen and oxygen atoms in total. The second-order valence-corrected chi connectivity index (χ2v) is 5.59. The van der Waals surface area contributed by atoms with Crippen molar-refractivity contribution in [2.45, 2.75) is 19.9 Å². The Kier molecular flexibility index (Phi) is 5.24. The molecule has 1 aromatic carbocycles. The third-order valence-corrected chi connectivity index (χ3v) is 3.66. The van der Waals surface area contributed by atoms with E-state index in [0.717, 1.165) is 11.3 Å². The molecule has 1 aromatic heterocycles. The van der Waals surface area contributed by atoms with Crippen LogP contribution >= 0.6 is 22.9 Å². The average molecular weight is 325 g/mol. The molecule has 8 heteroatoms. The summed E-state index contributed by atoms with van der Waals surface area (Å²) < 4.78 is 0. The van der Waals surface area contributed by atoms with Crippen molar-refractivity contribution in [1.29, 1.82) is 0 Å². The third kappa shape index (κ3) is 4.51. The molecule has 1 heterocycles. The van der Waals surface area contributed by atoms with Crippen LogP contribution in [0.4, 0.5) is 5.69 Å². The third-order valence-electron chi connectivity index (χ3n) is 2.50. The number of carbonyl (C=O) groups is 2. The molecule has 0 bridgehead atoms. The Balaban J connectivity index is 1.97. The van der Waals surface area contributed by atoms with Crippen LogP contribution in [0.5, 0.6) is 0 Å². The molecule has 0 spiro atoms. The van der Waals surface area contributed by atoms with Crippen molar-refractivity contribution in [1.82, 2.24) is 15.5 Å². The van der Waals surface area contributed by atoms with E-state index >= 15 is 0 Å². The molecule has 0 unspecified atom stereocenters. The van der Waals surface area contributed by atoms with Gasteiger partial charge in [-0.25, -0.2) is 0 Å². The number of nitrogens with one attached hydrogen (secondary N) is 2. The summed E-state index contributed by atoms with van der Waals surface area (Å²) in [6.45, 7) is 2.04. The van der Waals surface area contributed by atoms with Crippen molar-refractivity contribution in [3.8, 4) is 0 Å². The van der Waals surface area contributed by atoms with Crippen molar-refractivity contribution in [3.05, 3.63) is 39.3 Å². The van der Waals surface area contributed by atoms with Gasteiger partial charge in [-0.15, -0.1) is 10.2 Å². The number of halogens is 1. The minimum atomic E-state index is -0.358. The van der Waals surface area contributed by atoms with Crippen molar-refractivity contribution >= 4 is 40.4 Å². The van der Waals surface area contributed by atoms with E-state index in [1.165, 1.54) is 0 Å². The van der Waals surface area contributed by atoms with Crippen LogP contribution in [0.2, 0.25) is 5.02 Å². The van der Waals surface area contributed by atoms with Gasteiger partial charge in [0.1, 0.15) is 5.01 Å². The molecule has 0 aliphatic carbocycles. The first kappa shape index (κ1) is 15.4. The summed E-state index contributed by atoms with van der Waals surface area (Å²) in [5.41, 5.74) is 0.587. The fourth-order valence-electron chi connectivity index (χ4n) is 1.47. The van der Waals surface area contributed by atoms with Gasteiger partial charge in [0.05, 0.1) is 6.54 Å². The standard InChI is InChI=1S/C13H13ClN4O2S/c1-2-10(19)15-7-11-17-18-13(21-11)12(20)16-9-5-3-4-8(14)6-9/h3-6H,2,7H2,1H3,(H,15,19)(H,16,20). The monoisotopic (exact) mass is 324 g/mol. The summed E-state index contributed by atoms with van der Waals surface area (Å²) >= 11 is 6.98. The quantitative estimate of drug-likeness (QED) is 0.885. The number of carbonyl (C=O) groups excluding carboxylic acids is 2. The van der Waals surface area contributed by atoms with E-state index in [1.807, 2.05) is 0 Å². The second kappa shape index (κ2) is 7.14. The van der Waals surface area contributed by atoms with Gasteiger partial charge in [-0.2, -0.15) is 0 Å². The second-order valence-electron chi connectivity index (χ2n) is 4.10. The van der Waals surface area contributed by atoms with E-state index in [1.54, 1.807) is 31.2 Å². The zero-order chi connectivity index (χ0) is 15.2. The van der Waals surface area contributed by atoms with Crippen LogP contribution in [0, 0.1) is 0 Å². The molecule has 0 saturated carbocycles.